The molecule has 0 amide bonds. The van der Waals surface area contributed by atoms with Gasteiger partial charge in [0.05, 0.1) is 37.6 Å². The van der Waals surface area contributed by atoms with Gasteiger partial charge in [-0.1, -0.05) is 116 Å². The van der Waals surface area contributed by atoms with E-state index in [1.54, 1.807) is 30.5 Å². The fraction of sp³-hybridized carbons (Fsp3) is 0.357. The van der Waals surface area contributed by atoms with Crippen LogP contribution in [-0.2, 0) is 67.8 Å². The second-order valence-electron chi connectivity index (χ2n) is 13.1. The minimum Gasteiger partial charge on any atom is -0.495 e. The van der Waals surface area contributed by atoms with Crippen molar-refractivity contribution in [3.8, 4) is 0 Å². The summed E-state index contributed by atoms with van der Waals surface area (Å²) in [4.78, 5) is 12.7. The fourth-order valence-corrected chi connectivity index (χ4v) is 7.74. The molecule has 2 aliphatic rings. The van der Waals surface area contributed by atoms with Gasteiger partial charge < -0.3 is 33.2 Å². The molecule has 0 aliphatic carbocycles. The van der Waals surface area contributed by atoms with E-state index in [9.17, 15) is 13.2 Å². The average molecular weight is 758 g/mol. The Morgan fingerprint density at radius 1 is 0.704 bits per heavy atom. The minimum absolute atomic E-state index is 0.0255. The number of hydrogen-bond donors (Lipinski definition) is 1. The monoisotopic (exact) mass is 757 g/mol. The molecular weight excluding hydrogens is 711 g/mol. The smallest absolute Gasteiger partial charge is 0.303 e. The van der Waals surface area contributed by atoms with Crippen LogP contribution >= 0.6 is 0 Å². The highest BCUT2D eigenvalue weighted by Crippen LogP contribution is 2.33. The van der Waals surface area contributed by atoms with Crippen LogP contribution in [0.25, 0.3) is 0 Å². The van der Waals surface area contributed by atoms with E-state index in [0.29, 0.717) is 13.0 Å². The van der Waals surface area contributed by atoms with Gasteiger partial charge in [-0.2, -0.15) is 0 Å². The maximum absolute atomic E-state index is 14.1. The molecule has 286 valence electrons. The number of ether oxygens (including phenoxy) is 7. The van der Waals surface area contributed by atoms with Crippen LogP contribution in [0, 0.1) is 0 Å². The van der Waals surface area contributed by atoms with E-state index in [4.69, 9.17) is 33.2 Å². The number of hydrogen-bond acceptors (Lipinski definition) is 10. The lowest BCUT2D eigenvalue weighted by atomic mass is 9.96. The van der Waals surface area contributed by atoms with Crippen LogP contribution in [0.2, 0.25) is 0 Å². The molecule has 1 saturated heterocycles. The first-order valence-electron chi connectivity index (χ1n) is 18.1. The van der Waals surface area contributed by atoms with Crippen molar-refractivity contribution in [1.82, 2.24) is 4.72 Å². The summed E-state index contributed by atoms with van der Waals surface area (Å²) < 4.78 is 75.5. The van der Waals surface area contributed by atoms with Crippen LogP contribution in [0.15, 0.2) is 139 Å². The summed E-state index contributed by atoms with van der Waals surface area (Å²) in [6.07, 6.45) is -2.25. The van der Waals surface area contributed by atoms with Crippen LogP contribution in [0.3, 0.4) is 0 Å². The first-order chi connectivity index (χ1) is 26.3. The van der Waals surface area contributed by atoms with Gasteiger partial charge >= 0.3 is 5.97 Å². The third-order valence-electron chi connectivity index (χ3n) is 9.16. The van der Waals surface area contributed by atoms with E-state index in [2.05, 4.69) is 4.72 Å². The van der Waals surface area contributed by atoms with Gasteiger partial charge in [-0.15, -0.1) is 0 Å². The summed E-state index contributed by atoms with van der Waals surface area (Å²) in [6.45, 7) is 3.86. The van der Waals surface area contributed by atoms with Crippen molar-refractivity contribution in [2.45, 2.75) is 93.9 Å². The number of rotatable bonds is 17. The summed E-state index contributed by atoms with van der Waals surface area (Å²) in [6, 6.07) is 35.6. The molecule has 54 heavy (non-hydrogen) atoms. The number of esters is 1. The lowest BCUT2D eigenvalue weighted by Gasteiger charge is -2.47. The highest BCUT2D eigenvalue weighted by Gasteiger charge is 2.52. The summed E-state index contributed by atoms with van der Waals surface area (Å²) in [7, 11) is -4.19. The predicted octanol–water partition coefficient (Wildman–Crippen LogP) is 6.09. The summed E-state index contributed by atoms with van der Waals surface area (Å²) in [5, 5.41) is 0. The number of carbonyl (C=O) groups is 1. The molecule has 8 atom stereocenters. The third-order valence-corrected chi connectivity index (χ3v) is 10.6. The molecule has 11 nitrogen and oxygen atoms in total. The van der Waals surface area contributed by atoms with Gasteiger partial charge in [-0.3, -0.25) is 4.79 Å². The Morgan fingerprint density at radius 2 is 1.26 bits per heavy atom. The summed E-state index contributed by atoms with van der Waals surface area (Å²) >= 11 is 0. The normalized spacial score (nSPS) is 25.4. The quantitative estimate of drug-likeness (QED) is 0.127. The third kappa shape index (κ3) is 10.6. The molecule has 4 aromatic carbocycles. The molecule has 4 aromatic rings. The SMILES string of the molecule is CCC1OC=C[C@@H](OCc2ccccc2)[C@H]1O[C@@H]1OC(COCc2ccccc2)[C@H](OC(C)=O)[C@H](OCc2ccccc2)C1NS(=O)(=O)c1ccccc1. The Balaban J connectivity index is 1.36. The first-order valence-corrected chi connectivity index (χ1v) is 19.6. The zero-order valence-corrected chi connectivity index (χ0v) is 31.2. The molecule has 6 rings (SSSR count). The lowest BCUT2D eigenvalue weighted by molar-refractivity contribution is -0.307. The van der Waals surface area contributed by atoms with E-state index >= 15 is 0 Å². The van der Waals surface area contributed by atoms with Crippen molar-refractivity contribution in [2.75, 3.05) is 6.61 Å². The largest absolute Gasteiger partial charge is 0.495 e. The van der Waals surface area contributed by atoms with Crippen molar-refractivity contribution in [1.29, 1.82) is 0 Å². The number of benzene rings is 4. The molecule has 1 fully saturated rings. The fourth-order valence-electron chi connectivity index (χ4n) is 6.48. The molecule has 2 aliphatic heterocycles. The molecule has 0 bridgehead atoms. The molecule has 1 N–H and O–H groups in total. The summed E-state index contributed by atoms with van der Waals surface area (Å²) in [5.74, 6) is -0.597. The molecule has 2 heterocycles. The van der Waals surface area contributed by atoms with Gasteiger partial charge in [0.1, 0.15) is 36.6 Å². The van der Waals surface area contributed by atoms with Crippen LogP contribution in [0.5, 0.6) is 0 Å². The van der Waals surface area contributed by atoms with Crippen LogP contribution in [0.4, 0.5) is 0 Å². The molecule has 0 spiro atoms. The topological polar surface area (TPSA) is 128 Å². The Labute approximate surface area is 317 Å². The van der Waals surface area contributed by atoms with Crippen molar-refractivity contribution in [3.05, 3.63) is 150 Å². The molecular formula is C42H47NO10S. The van der Waals surface area contributed by atoms with Gasteiger partial charge in [-0.05, 0) is 41.3 Å². The van der Waals surface area contributed by atoms with Gasteiger partial charge in [0.25, 0.3) is 0 Å². The predicted molar refractivity (Wildman–Crippen MR) is 200 cm³/mol. The Kier molecular flexibility index (Phi) is 14.0. The van der Waals surface area contributed by atoms with E-state index in [1.165, 1.54) is 19.1 Å². The van der Waals surface area contributed by atoms with Gasteiger partial charge in [0.2, 0.25) is 10.0 Å². The zero-order valence-electron chi connectivity index (χ0n) is 30.3. The standard InChI is InChI=1S/C42H47NO10S/c1-3-35-39(36(24-25-48-35)49-27-32-18-10-5-11-19-32)53-42-38(43-54(45,46)34-22-14-7-15-23-34)41(50-28-33-20-12-6-13-21-33)40(51-30(2)44)37(52-42)29-47-26-31-16-8-4-9-17-31/h4-25,35-43H,3,26-29H2,1-2H3/t35?,36-,37?,38?,39+,40+,41-,42+/m1/s1. The van der Waals surface area contributed by atoms with Crippen LogP contribution < -0.4 is 4.72 Å². The van der Waals surface area contributed by atoms with Gasteiger partial charge in [-0.25, -0.2) is 13.1 Å². The second kappa shape index (κ2) is 19.3. The molecule has 0 radical (unpaired) electrons. The number of sulfonamides is 1. The maximum Gasteiger partial charge on any atom is 0.303 e. The second-order valence-corrected chi connectivity index (χ2v) is 14.8. The summed E-state index contributed by atoms with van der Waals surface area (Å²) in [5.41, 5.74) is 2.74. The van der Waals surface area contributed by atoms with E-state index in [-0.39, 0.29) is 24.7 Å². The van der Waals surface area contributed by atoms with Gasteiger partial charge in [0, 0.05) is 6.92 Å². The number of nitrogens with one attached hydrogen (secondary N) is 1. The maximum atomic E-state index is 14.1. The van der Waals surface area contributed by atoms with E-state index < -0.39 is 64.9 Å². The van der Waals surface area contributed by atoms with Crippen molar-refractivity contribution >= 4 is 16.0 Å². The van der Waals surface area contributed by atoms with Crippen molar-refractivity contribution in [2.24, 2.45) is 0 Å². The van der Waals surface area contributed by atoms with Crippen LogP contribution in [0.1, 0.15) is 37.0 Å². The van der Waals surface area contributed by atoms with E-state index in [1.807, 2.05) is 97.9 Å². The van der Waals surface area contributed by atoms with Crippen molar-refractivity contribution in [3.63, 3.8) is 0 Å². The molecule has 3 unspecified atom stereocenters. The first kappa shape index (κ1) is 39.3. The lowest BCUT2D eigenvalue weighted by Crippen LogP contribution is -2.67. The average Bonchev–Trinajstić information content (AvgIpc) is 3.19. The Morgan fingerprint density at radius 3 is 1.83 bits per heavy atom. The molecule has 0 aromatic heterocycles. The van der Waals surface area contributed by atoms with Crippen LogP contribution in [-0.4, -0.2) is 69.9 Å². The zero-order chi connectivity index (χ0) is 37.8. The van der Waals surface area contributed by atoms with E-state index in [0.717, 1.165) is 16.7 Å². The minimum atomic E-state index is -4.19. The highest BCUT2D eigenvalue weighted by molar-refractivity contribution is 7.89. The Hall–Kier alpha value is -4.40. The van der Waals surface area contributed by atoms with Gasteiger partial charge in [0.15, 0.2) is 12.4 Å². The highest BCUT2D eigenvalue weighted by atomic mass is 32.2. The Bertz CT molecular complexity index is 1860. The molecule has 12 heteroatoms. The molecule has 0 saturated carbocycles. The van der Waals surface area contributed by atoms with Crippen molar-refractivity contribution < 1.29 is 46.4 Å². The number of carbonyl (C=O) groups excluding carboxylic acids is 1.